The average molecular weight is 483 g/mol. The second-order valence-corrected chi connectivity index (χ2v) is 7.87. The number of rotatable bonds is 2. The molecule has 0 aliphatic carbocycles. The Morgan fingerprint density at radius 2 is 1.28 bits per heavy atom. The molecule has 2 rings (SSSR count). The third kappa shape index (κ3) is 13.2. The summed E-state index contributed by atoms with van der Waals surface area (Å²) >= 11 is 0. The van der Waals surface area contributed by atoms with Gasteiger partial charge in [0.2, 0.25) is 0 Å². The number of carboxylic acid groups (broad SMARTS) is 2. The average Bonchev–Trinajstić information content (AvgIpc) is 2.52. The first-order valence-electron chi connectivity index (χ1n) is 9.37. The zero-order chi connectivity index (χ0) is 25.3. The van der Waals surface area contributed by atoms with Crippen LogP contribution in [0, 0.1) is 0 Å². The molecule has 2 fully saturated rings. The van der Waals surface area contributed by atoms with Gasteiger partial charge in [0.05, 0.1) is 0 Å². The summed E-state index contributed by atoms with van der Waals surface area (Å²) in [4.78, 5) is 32.0. The fourth-order valence-electron chi connectivity index (χ4n) is 2.41. The topological polar surface area (TPSA) is 128 Å². The number of nitrogens with zero attached hydrogens (tertiary/aromatic N) is 1. The molecule has 2 saturated heterocycles. The van der Waals surface area contributed by atoms with Gasteiger partial charge in [-0.3, -0.25) is 4.90 Å². The van der Waals surface area contributed by atoms with Gasteiger partial charge in [-0.15, -0.1) is 0 Å². The Balaban J connectivity index is 0.000000570. The Labute approximate surface area is 180 Å². The predicted octanol–water partition coefficient (Wildman–Crippen LogP) is 2.21. The van der Waals surface area contributed by atoms with E-state index in [0.717, 1.165) is 39.0 Å². The molecule has 0 saturated carbocycles. The molecule has 1 amide bonds. The highest BCUT2D eigenvalue weighted by Gasteiger charge is 2.39. The number of carbonyl (C=O) groups is 3. The van der Waals surface area contributed by atoms with Crippen molar-refractivity contribution in [3.63, 3.8) is 0 Å². The Morgan fingerprint density at radius 1 is 0.906 bits per heavy atom. The third-order valence-electron chi connectivity index (χ3n) is 4.01. The summed E-state index contributed by atoms with van der Waals surface area (Å²) in [5.74, 6) is -5.51. The molecular weight excluding hydrogens is 456 g/mol. The SMILES string of the molecule is CC(C)(C)OC(=O)NC1CCN(C2CNC2)CC1.O=C(O)C(F)(F)F.O=C(O)C(F)(F)F. The molecule has 0 aromatic carbocycles. The Bertz CT molecular complexity index is 600. The van der Waals surface area contributed by atoms with Crippen LogP contribution in [0.1, 0.15) is 33.6 Å². The highest BCUT2D eigenvalue weighted by Crippen LogP contribution is 2.16. The van der Waals surface area contributed by atoms with E-state index in [1.54, 1.807) is 0 Å². The van der Waals surface area contributed by atoms with E-state index in [1.165, 1.54) is 0 Å². The maximum absolute atomic E-state index is 11.7. The zero-order valence-corrected chi connectivity index (χ0v) is 17.6. The molecular formula is C17H27F6N3O6. The zero-order valence-electron chi connectivity index (χ0n) is 17.6. The number of halogens is 6. The van der Waals surface area contributed by atoms with Gasteiger partial charge < -0.3 is 25.6 Å². The molecule has 0 atom stereocenters. The maximum atomic E-state index is 11.7. The quantitative estimate of drug-likeness (QED) is 0.441. The molecule has 0 radical (unpaired) electrons. The number of aliphatic carboxylic acids is 2. The third-order valence-corrected chi connectivity index (χ3v) is 4.01. The Kier molecular flexibility index (Phi) is 11.2. The normalized spacial score (nSPS) is 18.2. The van der Waals surface area contributed by atoms with E-state index in [4.69, 9.17) is 24.5 Å². The van der Waals surface area contributed by atoms with Crippen molar-refractivity contribution in [2.75, 3.05) is 26.2 Å². The molecule has 9 nitrogen and oxygen atoms in total. The van der Waals surface area contributed by atoms with Crippen LogP contribution in [-0.2, 0) is 14.3 Å². The Hall–Kier alpha value is -2.29. The van der Waals surface area contributed by atoms with Crippen LogP contribution in [0.5, 0.6) is 0 Å². The van der Waals surface area contributed by atoms with Gasteiger partial charge in [0, 0.05) is 38.3 Å². The first kappa shape index (κ1) is 29.7. The van der Waals surface area contributed by atoms with E-state index >= 15 is 0 Å². The highest BCUT2D eigenvalue weighted by atomic mass is 19.4. The monoisotopic (exact) mass is 483 g/mol. The lowest BCUT2D eigenvalue weighted by atomic mass is 10.0. The lowest BCUT2D eigenvalue weighted by Gasteiger charge is -2.42. The molecule has 15 heteroatoms. The highest BCUT2D eigenvalue weighted by molar-refractivity contribution is 5.73. The van der Waals surface area contributed by atoms with Crippen molar-refractivity contribution in [3.05, 3.63) is 0 Å². The van der Waals surface area contributed by atoms with Crippen molar-refractivity contribution in [2.24, 2.45) is 0 Å². The molecule has 2 heterocycles. The first-order chi connectivity index (χ1) is 14.3. The second kappa shape index (κ2) is 12.1. The van der Waals surface area contributed by atoms with Crippen LogP contribution in [0.25, 0.3) is 0 Å². The molecule has 2 aliphatic rings. The summed E-state index contributed by atoms with van der Waals surface area (Å²) in [7, 11) is 0. The van der Waals surface area contributed by atoms with E-state index in [0.29, 0.717) is 6.04 Å². The maximum Gasteiger partial charge on any atom is 0.490 e. The minimum Gasteiger partial charge on any atom is -0.475 e. The van der Waals surface area contributed by atoms with Gasteiger partial charge in [0.15, 0.2) is 0 Å². The molecule has 2 aliphatic heterocycles. The van der Waals surface area contributed by atoms with Gasteiger partial charge in [0.25, 0.3) is 0 Å². The molecule has 0 aromatic heterocycles. The van der Waals surface area contributed by atoms with Crippen molar-refractivity contribution >= 4 is 18.0 Å². The van der Waals surface area contributed by atoms with Crippen molar-refractivity contribution in [1.82, 2.24) is 15.5 Å². The number of alkyl halides is 6. The van der Waals surface area contributed by atoms with Crippen LogP contribution in [0.4, 0.5) is 31.1 Å². The van der Waals surface area contributed by atoms with Crippen LogP contribution in [0.15, 0.2) is 0 Å². The van der Waals surface area contributed by atoms with Gasteiger partial charge in [0.1, 0.15) is 5.60 Å². The summed E-state index contributed by atoms with van der Waals surface area (Å²) in [5.41, 5.74) is -0.414. The molecule has 0 spiro atoms. The predicted molar refractivity (Wildman–Crippen MR) is 98.0 cm³/mol. The summed E-state index contributed by atoms with van der Waals surface area (Å²) < 4.78 is 68.7. The number of amides is 1. The summed E-state index contributed by atoms with van der Waals surface area (Å²) in [6.07, 6.45) is -8.41. The van der Waals surface area contributed by atoms with Crippen LogP contribution >= 0.6 is 0 Å². The number of hydrogen-bond donors (Lipinski definition) is 4. The van der Waals surface area contributed by atoms with E-state index in [2.05, 4.69) is 15.5 Å². The van der Waals surface area contributed by atoms with Crippen molar-refractivity contribution in [2.45, 2.75) is 63.7 Å². The molecule has 0 unspecified atom stereocenters. The molecule has 0 aromatic rings. The number of carbonyl (C=O) groups excluding carboxylic acids is 1. The van der Waals surface area contributed by atoms with E-state index in [9.17, 15) is 31.1 Å². The van der Waals surface area contributed by atoms with E-state index in [-0.39, 0.29) is 12.1 Å². The summed E-state index contributed by atoms with van der Waals surface area (Å²) in [6, 6.07) is 0.983. The standard InChI is InChI=1S/C13H25N3O2.2C2HF3O2/c1-13(2,3)18-12(17)15-10-4-6-16(7-5-10)11-8-14-9-11;2*3-2(4,5)1(6)7/h10-11,14H,4-9H2,1-3H3,(H,15,17);2*(H,6,7). The molecule has 0 bridgehead atoms. The number of alkyl carbamates (subject to hydrolysis) is 1. The summed E-state index contributed by atoms with van der Waals surface area (Å²) in [5, 5.41) is 20.5. The van der Waals surface area contributed by atoms with Gasteiger partial charge in [-0.2, -0.15) is 26.3 Å². The van der Waals surface area contributed by atoms with Crippen LogP contribution in [0.2, 0.25) is 0 Å². The largest absolute Gasteiger partial charge is 0.490 e. The summed E-state index contributed by atoms with van der Waals surface area (Å²) in [6.45, 7) is 10.0. The number of nitrogens with one attached hydrogen (secondary N) is 2. The number of carboxylic acids is 2. The van der Waals surface area contributed by atoms with Crippen LogP contribution in [-0.4, -0.2) is 89.4 Å². The van der Waals surface area contributed by atoms with Crippen molar-refractivity contribution in [3.8, 4) is 0 Å². The second-order valence-electron chi connectivity index (χ2n) is 7.87. The number of likely N-dealkylation sites (tertiary alicyclic amines) is 1. The van der Waals surface area contributed by atoms with Crippen LogP contribution in [0.3, 0.4) is 0 Å². The molecule has 32 heavy (non-hydrogen) atoms. The van der Waals surface area contributed by atoms with Crippen LogP contribution < -0.4 is 10.6 Å². The van der Waals surface area contributed by atoms with Gasteiger partial charge in [-0.25, -0.2) is 14.4 Å². The molecule has 4 N–H and O–H groups in total. The van der Waals surface area contributed by atoms with E-state index < -0.39 is 29.9 Å². The van der Waals surface area contributed by atoms with Gasteiger partial charge >= 0.3 is 30.4 Å². The smallest absolute Gasteiger partial charge is 0.475 e. The number of hydrogen-bond acceptors (Lipinski definition) is 6. The van der Waals surface area contributed by atoms with Gasteiger partial charge in [-0.1, -0.05) is 0 Å². The minimum absolute atomic E-state index is 0.268. The first-order valence-corrected chi connectivity index (χ1v) is 9.37. The minimum atomic E-state index is -5.08. The Morgan fingerprint density at radius 3 is 1.53 bits per heavy atom. The number of piperidine rings is 1. The fraction of sp³-hybridized carbons (Fsp3) is 0.824. The molecule has 188 valence electrons. The number of ether oxygens (including phenoxy) is 1. The lowest BCUT2D eigenvalue weighted by molar-refractivity contribution is -0.193. The van der Waals surface area contributed by atoms with Crippen molar-refractivity contribution < 1.29 is 55.7 Å². The van der Waals surface area contributed by atoms with Crippen molar-refractivity contribution in [1.29, 1.82) is 0 Å². The fourth-order valence-corrected chi connectivity index (χ4v) is 2.41. The lowest BCUT2D eigenvalue weighted by Crippen LogP contribution is -2.60. The van der Waals surface area contributed by atoms with Gasteiger partial charge in [-0.05, 0) is 33.6 Å². The van der Waals surface area contributed by atoms with E-state index in [1.807, 2.05) is 20.8 Å².